The van der Waals surface area contributed by atoms with Gasteiger partial charge in [-0.15, -0.1) is 0 Å². The molecule has 5 rings (SSSR count). The maximum atomic E-state index is 13.5. The zero-order chi connectivity index (χ0) is 30.0. The number of rotatable bonds is 12. The summed E-state index contributed by atoms with van der Waals surface area (Å²) in [4.78, 5) is 38.7. The molecule has 4 N–H and O–H groups in total. The molecule has 0 saturated heterocycles. The maximum absolute atomic E-state index is 13.5. The molecule has 2 fully saturated rings. The molecule has 2 aliphatic carbocycles. The van der Waals surface area contributed by atoms with Gasteiger partial charge in [0.05, 0.1) is 37.5 Å². The molecular formula is C33H41N5O5. The number of hydrogen-bond acceptors (Lipinski definition) is 6. The van der Waals surface area contributed by atoms with E-state index in [1.807, 2.05) is 60.7 Å². The van der Waals surface area contributed by atoms with Crippen molar-refractivity contribution in [3.05, 3.63) is 89.2 Å². The SMILES string of the molecule is NC(=O)c1cc(C(=O)N[C@H]2CCCC[C@@H]2OCc2ccccc2)n(CC(=O)N[C@H]2CCCC[C@@H]2OCc2ccccc2)n1. The Labute approximate surface area is 252 Å². The molecule has 2 saturated carbocycles. The second kappa shape index (κ2) is 14.9. The van der Waals surface area contributed by atoms with Gasteiger partial charge in [0.1, 0.15) is 12.2 Å². The largest absolute Gasteiger partial charge is 0.371 e. The highest BCUT2D eigenvalue weighted by Crippen LogP contribution is 2.24. The Morgan fingerprint density at radius 1 is 0.767 bits per heavy atom. The molecule has 1 heterocycles. The Balaban J connectivity index is 1.22. The fourth-order valence-electron chi connectivity index (χ4n) is 5.95. The Bertz CT molecular complexity index is 1360. The molecule has 10 heteroatoms. The van der Waals surface area contributed by atoms with Crippen LogP contribution in [0.25, 0.3) is 0 Å². The Morgan fingerprint density at radius 3 is 1.81 bits per heavy atom. The van der Waals surface area contributed by atoms with E-state index in [-0.39, 0.29) is 48.1 Å². The molecule has 43 heavy (non-hydrogen) atoms. The summed E-state index contributed by atoms with van der Waals surface area (Å²) in [5.74, 6) is -1.50. The second-order valence-electron chi connectivity index (χ2n) is 11.4. The Morgan fingerprint density at radius 2 is 1.28 bits per heavy atom. The van der Waals surface area contributed by atoms with Gasteiger partial charge >= 0.3 is 0 Å². The molecule has 0 aliphatic heterocycles. The number of nitrogens with one attached hydrogen (secondary N) is 2. The van der Waals surface area contributed by atoms with Crippen molar-refractivity contribution >= 4 is 17.7 Å². The summed E-state index contributed by atoms with van der Waals surface area (Å²) < 4.78 is 13.7. The van der Waals surface area contributed by atoms with Gasteiger partial charge in [-0.3, -0.25) is 14.4 Å². The third kappa shape index (κ3) is 8.52. The van der Waals surface area contributed by atoms with Crippen LogP contribution in [0.5, 0.6) is 0 Å². The quantitative estimate of drug-likeness (QED) is 0.294. The van der Waals surface area contributed by atoms with Crippen LogP contribution in [0.15, 0.2) is 66.7 Å². The first-order valence-electron chi connectivity index (χ1n) is 15.2. The summed E-state index contributed by atoms with van der Waals surface area (Å²) in [6, 6.07) is 20.9. The summed E-state index contributed by atoms with van der Waals surface area (Å²) in [5.41, 5.74) is 7.68. The summed E-state index contributed by atoms with van der Waals surface area (Å²) in [6.07, 6.45) is 7.03. The molecule has 0 spiro atoms. The average molecular weight is 588 g/mol. The van der Waals surface area contributed by atoms with E-state index in [4.69, 9.17) is 15.2 Å². The number of benzene rings is 2. The topological polar surface area (TPSA) is 138 Å². The number of amides is 3. The van der Waals surface area contributed by atoms with Gasteiger partial charge in [0.2, 0.25) is 5.91 Å². The van der Waals surface area contributed by atoms with E-state index in [0.717, 1.165) is 62.5 Å². The van der Waals surface area contributed by atoms with Crippen molar-refractivity contribution in [2.75, 3.05) is 0 Å². The van der Waals surface area contributed by atoms with Crippen LogP contribution < -0.4 is 16.4 Å². The Kier molecular flexibility index (Phi) is 10.6. The van der Waals surface area contributed by atoms with E-state index in [0.29, 0.717) is 13.2 Å². The van der Waals surface area contributed by atoms with Gasteiger partial charge in [-0.25, -0.2) is 4.68 Å². The molecule has 1 aromatic heterocycles. The van der Waals surface area contributed by atoms with Gasteiger partial charge in [-0.1, -0.05) is 86.3 Å². The fraction of sp³-hybridized carbons (Fsp3) is 0.455. The van der Waals surface area contributed by atoms with Gasteiger partial charge < -0.3 is 25.8 Å². The molecule has 4 atom stereocenters. The monoisotopic (exact) mass is 587 g/mol. The lowest BCUT2D eigenvalue weighted by Crippen LogP contribution is -2.48. The van der Waals surface area contributed by atoms with Crippen molar-refractivity contribution in [1.29, 1.82) is 0 Å². The summed E-state index contributed by atoms with van der Waals surface area (Å²) in [6.45, 7) is 0.704. The predicted octanol–water partition coefficient (Wildman–Crippen LogP) is 3.88. The van der Waals surface area contributed by atoms with Gasteiger partial charge in [0.25, 0.3) is 11.8 Å². The van der Waals surface area contributed by atoms with Crippen molar-refractivity contribution in [2.24, 2.45) is 5.73 Å². The summed E-state index contributed by atoms with van der Waals surface area (Å²) in [7, 11) is 0. The highest BCUT2D eigenvalue weighted by molar-refractivity contribution is 5.97. The predicted molar refractivity (Wildman–Crippen MR) is 161 cm³/mol. The first-order valence-corrected chi connectivity index (χ1v) is 15.2. The Hall–Kier alpha value is -4.02. The van der Waals surface area contributed by atoms with Crippen molar-refractivity contribution in [3.8, 4) is 0 Å². The number of nitrogens with zero attached hydrogens (tertiary/aromatic N) is 2. The molecule has 0 radical (unpaired) electrons. The summed E-state index contributed by atoms with van der Waals surface area (Å²) in [5, 5.41) is 10.4. The van der Waals surface area contributed by atoms with E-state index in [9.17, 15) is 14.4 Å². The number of aromatic nitrogens is 2. The minimum atomic E-state index is -0.767. The first kappa shape index (κ1) is 30.4. The minimum absolute atomic E-state index is 0.0693. The maximum Gasteiger partial charge on any atom is 0.269 e. The van der Waals surface area contributed by atoms with Crippen LogP contribution in [-0.4, -0.2) is 51.8 Å². The van der Waals surface area contributed by atoms with Crippen LogP contribution in [0.1, 0.15) is 83.5 Å². The average Bonchev–Trinajstić information content (AvgIpc) is 3.45. The number of carbonyl (C=O) groups is 3. The standard InChI is InChI=1S/C33H41N5O5/c34-32(40)27-19-28(33(41)36-26-16-8-10-18-30(26)43-22-24-13-5-2-6-14-24)38(37-27)20-31(39)35-25-15-7-9-17-29(25)42-21-23-11-3-1-4-12-23/h1-6,11-14,19,25-26,29-30H,7-10,15-18,20-22H2,(H2,34,40)(H,35,39)(H,36,41)/t25-,26-,29-,30-/m0/s1. The van der Waals surface area contributed by atoms with Gasteiger partial charge in [0.15, 0.2) is 5.69 Å². The molecule has 10 nitrogen and oxygen atoms in total. The number of ether oxygens (including phenoxy) is 2. The molecule has 3 aromatic rings. The van der Waals surface area contributed by atoms with Crippen molar-refractivity contribution in [3.63, 3.8) is 0 Å². The fourth-order valence-corrected chi connectivity index (χ4v) is 5.95. The van der Waals surface area contributed by atoms with Crippen LogP contribution in [-0.2, 0) is 34.0 Å². The minimum Gasteiger partial charge on any atom is -0.371 e. The highest BCUT2D eigenvalue weighted by Gasteiger charge is 2.31. The van der Waals surface area contributed by atoms with E-state index in [1.54, 1.807) is 0 Å². The van der Waals surface area contributed by atoms with Crippen LogP contribution in [0.3, 0.4) is 0 Å². The van der Waals surface area contributed by atoms with E-state index in [2.05, 4.69) is 15.7 Å². The third-order valence-electron chi connectivity index (χ3n) is 8.24. The van der Waals surface area contributed by atoms with Crippen LogP contribution in [0, 0.1) is 0 Å². The molecule has 0 bridgehead atoms. The van der Waals surface area contributed by atoms with E-state index >= 15 is 0 Å². The van der Waals surface area contributed by atoms with Crippen molar-refractivity contribution in [2.45, 2.75) is 95.4 Å². The number of primary amides is 1. The lowest BCUT2D eigenvalue weighted by molar-refractivity contribution is -0.124. The number of nitrogens with two attached hydrogens (primary N) is 1. The second-order valence-corrected chi connectivity index (χ2v) is 11.4. The van der Waals surface area contributed by atoms with Gasteiger partial charge in [-0.05, 0) is 36.8 Å². The van der Waals surface area contributed by atoms with Gasteiger partial charge in [-0.2, -0.15) is 5.10 Å². The number of hydrogen-bond donors (Lipinski definition) is 3. The molecular weight excluding hydrogens is 546 g/mol. The third-order valence-corrected chi connectivity index (χ3v) is 8.24. The van der Waals surface area contributed by atoms with Crippen molar-refractivity contribution < 1.29 is 23.9 Å². The smallest absolute Gasteiger partial charge is 0.269 e. The molecule has 228 valence electrons. The van der Waals surface area contributed by atoms with Crippen molar-refractivity contribution in [1.82, 2.24) is 20.4 Å². The molecule has 0 unspecified atom stereocenters. The number of carbonyl (C=O) groups excluding carboxylic acids is 3. The lowest BCUT2D eigenvalue weighted by Gasteiger charge is -2.32. The zero-order valence-electron chi connectivity index (χ0n) is 24.5. The van der Waals surface area contributed by atoms with E-state index in [1.165, 1.54) is 10.7 Å². The van der Waals surface area contributed by atoms with Crippen LogP contribution in [0.4, 0.5) is 0 Å². The summed E-state index contributed by atoms with van der Waals surface area (Å²) >= 11 is 0. The molecule has 3 amide bonds. The normalized spacial score (nSPS) is 22.0. The zero-order valence-corrected chi connectivity index (χ0v) is 24.5. The van der Waals surface area contributed by atoms with E-state index < -0.39 is 11.8 Å². The lowest BCUT2D eigenvalue weighted by atomic mass is 9.92. The van der Waals surface area contributed by atoms with Gasteiger partial charge in [0, 0.05) is 6.07 Å². The van der Waals surface area contributed by atoms with Crippen LogP contribution in [0.2, 0.25) is 0 Å². The highest BCUT2D eigenvalue weighted by atomic mass is 16.5. The molecule has 2 aliphatic rings. The first-order chi connectivity index (χ1) is 21.0. The molecule has 2 aromatic carbocycles. The van der Waals surface area contributed by atoms with Crippen LogP contribution >= 0.6 is 0 Å².